The molecule has 0 spiro atoms. The average Bonchev–Trinajstić information content (AvgIpc) is 2.77. The molecule has 6 heteroatoms. The van der Waals surface area contributed by atoms with Crippen molar-refractivity contribution in [2.45, 2.75) is 18.9 Å². The van der Waals surface area contributed by atoms with E-state index in [1.54, 1.807) is 35.4 Å². The number of aromatic nitrogens is 1. The SMILES string of the molecule is O=C(Cc1ccc(F)cc1)N1CCOC(c2ccc(Cc3ccccc3F)cn2)C1. The van der Waals surface area contributed by atoms with Crippen molar-refractivity contribution < 1.29 is 18.3 Å². The van der Waals surface area contributed by atoms with Crippen molar-refractivity contribution in [1.82, 2.24) is 9.88 Å². The molecule has 0 bridgehead atoms. The predicted octanol–water partition coefficient (Wildman–Crippen LogP) is 4.09. The average molecular weight is 408 g/mol. The fourth-order valence-electron chi connectivity index (χ4n) is 3.54. The molecule has 1 fully saturated rings. The van der Waals surface area contributed by atoms with E-state index in [1.807, 2.05) is 18.2 Å². The first-order chi connectivity index (χ1) is 14.6. The van der Waals surface area contributed by atoms with Crippen LogP contribution in [0.25, 0.3) is 0 Å². The minimum absolute atomic E-state index is 0.0221. The van der Waals surface area contributed by atoms with Crippen molar-refractivity contribution in [3.63, 3.8) is 0 Å². The third kappa shape index (κ3) is 4.89. The number of carbonyl (C=O) groups excluding carboxylic acids is 1. The van der Waals surface area contributed by atoms with Gasteiger partial charge in [0, 0.05) is 19.2 Å². The van der Waals surface area contributed by atoms with Crippen molar-refractivity contribution in [1.29, 1.82) is 0 Å². The first-order valence-corrected chi connectivity index (χ1v) is 9.90. The highest BCUT2D eigenvalue weighted by Crippen LogP contribution is 2.22. The van der Waals surface area contributed by atoms with Crippen LogP contribution >= 0.6 is 0 Å². The lowest BCUT2D eigenvalue weighted by Gasteiger charge is -2.32. The van der Waals surface area contributed by atoms with Gasteiger partial charge in [-0.2, -0.15) is 0 Å². The number of hydrogen-bond acceptors (Lipinski definition) is 3. The number of amides is 1. The smallest absolute Gasteiger partial charge is 0.227 e. The molecule has 4 nitrogen and oxygen atoms in total. The summed E-state index contributed by atoms with van der Waals surface area (Å²) in [6, 6.07) is 16.4. The van der Waals surface area contributed by atoms with Crippen LogP contribution in [0.3, 0.4) is 0 Å². The Labute approximate surface area is 174 Å². The quantitative estimate of drug-likeness (QED) is 0.639. The molecule has 1 saturated heterocycles. The maximum absolute atomic E-state index is 13.8. The minimum Gasteiger partial charge on any atom is -0.368 e. The van der Waals surface area contributed by atoms with Crippen molar-refractivity contribution in [2.75, 3.05) is 19.7 Å². The Bertz CT molecular complexity index is 1010. The summed E-state index contributed by atoms with van der Waals surface area (Å²) in [5.41, 5.74) is 3.05. The van der Waals surface area contributed by atoms with Crippen LogP contribution in [0.15, 0.2) is 66.9 Å². The second kappa shape index (κ2) is 9.13. The summed E-state index contributed by atoms with van der Waals surface area (Å²) in [7, 11) is 0. The number of halogens is 2. The molecule has 1 atom stereocenters. The molecule has 0 N–H and O–H groups in total. The van der Waals surface area contributed by atoms with E-state index in [2.05, 4.69) is 4.98 Å². The van der Waals surface area contributed by atoms with Gasteiger partial charge in [0.05, 0.1) is 25.3 Å². The summed E-state index contributed by atoms with van der Waals surface area (Å²) < 4.78 is 32.7. The van der Waals surface area contributed by atoms with Crippen molar-refractivity contribution >= 4 is 5.91 Å². The van der Waals surface area contributed by atoms with Crippen LogP contribution in [-0.4, -0.2) is 35.5 Å². The number of pyridine rings is 1. The molecule has 0 aliphatic carbocycles. The van der Waals surface area contributed by atoms with Gasteiger partial charge in [0.2, 0.25) is 5.91 Å². The van der Waals surface area contributed by atoms with Gasteiger partial charge in [0.25, 0.3) is 0 Å². The van der Waals surface area contributed by atoms with E-state index < -0.39 is 0 Å². The zero-order valence-corrected chi connectivity index (χ0v) is 16.4. The van der Waals surface area contributed by atoms with Gasteiger partial charge in [-0.15, -0.1) is 0 Å². The Morgan fingerprint density at radius 1 is 1.03 bits per heavy atom. The number of rotatable bonds is 5. The Morgan fingerprint density at radius 2 is 1.80 bits per heavy atom. The summed E-state index contributed by atoms with van der Waals surface area (Å²) in [4.78, 5) is 18.9. The normalized spacial score (nSPS) is 16.5. The van der Waals surface area contributed by atoms with Gasteiger partial charge in [-0.3, -0.25) is 9.78 Å². The third-order valence-electron chi connectivity index (χ3n) is 5.22. The number of nitrogens with zero attached hydrogens (tertiary/aromatic N) is 2. The molecule has 0 saturated carbocycles. The Kier molecular flexibility index (Phi) is 6.14. The summed E-state index contributed by atoms with van der Waals surface area (Å²) in [5.74, 6) is -0.569. The van der Waals surface area contributed by atoms with Gasteiger partial charge in [-0.25, -0.2) is 8.78 Å². The number of morpholine rings is 1. The van der Waals surface area contributed by atoms with Crippen LogP contribution in [0, 0.1) is 11.6 Å². The topological polar surface area (TPSA) is 42.4 Å². The van der Waals surface area contributed by atoms with Crippen molar-refractivity contribution in [3.8, 4) is 0 Å². The Balaban J connectivity index is 1.38. The molecular formula is C24H22F2N2O2. The number of benzene rings is 2. The first kappa shape index (κ1) is 20.2. The van der Waals surface area contributed by atoms with E-state index in [1.165, 1.54) is 18.2 Å². The fourth-order valence-corrected chi connectivity index (χ4v) is 3.54. The van der Waals surface area contributed by atoms with Gasteiger partial charge in [0.1, 0.15) is 17.7 Å². The Hall–Kier alpha value is -3.12. The second-order valence-electron chi connectivity index (χ2n) is 7.36. The highest BCUT2D eigenvalue weighted by atomic mass is 19.1. The van der Waals surface area contributed by atoms with E-state index in [0.717, 1.165) is 16.8 Å². The molecule has 2 aromatic carbocycles. The number of ether oxygens (including phenoxy) is 1. The van der Waals surface area contributed by atoms with E-state index in [0.29, 0.717) is 31.7 Å². The molecule has 2 heterocycles. The maximum Gasteiger partial charge on any atom is 0.227 e. The van der Waals surface area contributed by atoms with Crippen LogP contribution in [0.2, 0.25) is 0 Å². The summed E-state index contributed by atoms with van der Waals surface area (Å²) in [5, 5.41) is 0. The summed E-state index contributed by atoms with van der Waals surface area (Å²) >= 11 is 0. The highest BCUT2D eigenvalue weighted by Gasteiger charge is 2.26. The molecule has 1 aliphatic rings. The van der Waals surface area contributed by atoms with E-state index in [-0.39, 0.29) is 30.1 Å². The zero-order chi connectivity index (χ0) is 20.9. The third-order valence-corrected chi connectivity index (χ3v) is 5.22. The largest absolute Gasteiger partial charge is 0.368 e. The van der Waals surface area contributed by atoms with Crippen LogP contribution in [0.1, 0.15) is 28.5 Å². The maximum atomic E-state index is 13.8. The predicted molar refractivity (Wildman–Crippen MR) is 109 cm³/mol. The molecule has 1 aromatic heterocycles. The van der Waals surface area contributed by atoms with Gasteiger partial charge in [-0.1, -0.05) is 36.4 Å². The molecule has 1 aliphatic heterocycles. The van der Waals surface area contributed by atoms with Crippen LogP contribution < -0.4 is 0 Å². The van der Waals surface area contributed by atoms with Crippen molar-refractivity contribution in [2.24, 2.45) is 0 Å². The lowest BCUT2D eigenvalue weighted by molar-refractivity contribution is -0.138. The number of hydrogen-bond donors (Lipinski definition) is 0. The van der Waals surface area contributed by atoms with Crippen LogP contribution in [0.4, 0.5) is 8.78 Å². The molecule has 1 unspecified atom stereocenters. The molecule has 30 heavy (non-hydrogen) atoms. The molecule has 0 radical (unpaired) electrons. The first-order valence-electron chi connectivity index (χ1n) is 9.90. The molecular weight excluding hydrogens is 386 g/mol. The van der Waals surface area contributed by atoms with Gasteiger partial charge in [0.15, 0.2) is 0 Å². The summed E-state index contributed by atoms with van der Waals surface area (Å²) in [6.07, 6.45) is 2.11. The van der Waals surface area contributed by atoms with E-state index >= 15 is 0 Å². The van der Waals surface area contributed by atoms with E-state index in [9.17, 15) is 13.6 Å². The lowest BCUT2D eigenvalue weighted by atomic mass is 10.0. The minimum atomic E-state index is -0.317. The van der Waals surface area contributed by atoms with Gasteiger partial charge >= 0.3 is 0 Å². The monoisotopic (exact) mass is 408 g/mol. The standard InChI is InChI=1S/C24H22F2N2O2/c25-20-8-5-17(6-9-20)14-24(29)28-11-12-30-23(16-28)22-10-7-18(15-27-22)13-19-3-1-2-4-21(19)26/h1-10,15,23H,11-14,16H2. The molecule has 3 aromatic rings. The Morgan fingerprint density at radius 3 is 2.53 bits per heavy atom. The number of carbonyl (C=O) groups is 1. The molecule has 1 amide bonds. The van der Waals surface area contributed by atoms with Gasteiger partial charge < -0.3 is 9.64 Å². The molecule has 154 valence electrons. The molecule has 4 rings (SSSR count). The fraction of sp³-hybridized carbons (Fsp3) is 0.250. The van der Waals surface area contributed by atoms with Crippen LogP contribution in [-0.2, 0) is 22.4 Å². The lowest BCUT2D eigenvalue weighted by Crippen LogP contribution is -2.43. The van der Waals surface area contributed by atoms with E-state index in [4.69, 9.17) is 4.74 Å². The zero-order valence-electron chi connectivity index (χ0n) is 16.4. The van der Waals surface area contributed by atoms with Crippen LogP contribution in [0.5, 0.6) is 0 Å². The second-order valence-corrected chi connectivity index (χ2v) is 7.36. The van der Waals surface area contributed by atoms with Crippen molar-refractivity contribution in [3.05, 3.63) is 101 Å². The summed E-state index contributed by atoms with van der Waals surface area (Å²) in [6.45, 7) is 1.36. The van der Waals surface area contributed by atoms with Gasteiger partial charge in [-0.05, 0) is 41.0 Å². The highest BCUT2D eigenvalue weighted by molar-refractivity contribution is 5.78.